The highest BCUT2D eigenvalue weighted by molar-refractivity contribution is 8.00. The molecule has 3 nitrogen and oxygen atoms in total. The van der Waals surface area contributed by atoms with E-state index in [-0.39, 0.29) is 5.91 Å². The van der Waals surface area contributed by atoms with Crippen LogP contribution >= 0.6 is 24.4 Å². The Bertz CT molecular complexity index is 1140. The van der Waals surface area contributed by atoms with Gasteiger partial charge in [-0.1, -0.05) is 48.2 Å². The second-order valence-electron chi connectivity index (χ2n) is 7.34. The Balaban J connectivity index is 1.53. The first-order valence-electron chi connectivity index (χ1n) is 10.0. The van der Waals surface area contributed by atoms with Gasteiger partial charge in [-0.2, -0.15) is 12.6 Å². The summed E-state index contributed by atoms with van der Waals surface area (Å²) in [5.41, 5.74) is 3.80. The van der Waals surface area contributed by atoms with Crippen LogP contribution in [0.25, 0.3) is 10.8 Å². The molecule has 0 spiro atoms. The lowest BCUT2D eigenvalue weighted by molar-refractivity contribution is 0.0950. The fourth-order valence-electron chi connectivity index (χ4n) is 3.49. The van der Waals surface area contributed by atoms with E-state index in [1.165, 1.54) is 0 Å². The molecular weight excluding hydrogens is 408 g/mol. The SMILES string of the molecule is Cc1ccc(SC2CNC2)cc1C(=O)NCc1ccc(C#CCS)c2ccccc12. The summed E-state index contributed by atoms with van der Waals surface area (Å²) in [7, 11) is 0. The van der Waals surface area contributed by atoms with Gasteiger partial charge in [0.2, 0.25) is 0 Å². The minimum Gasteiger partial charge on any atom is -0.348 e. The van der Waals surface area contributed by atoms with Crippen LogP contribution in [0.4, 0.5) is 0 Å². The molecule has 5 heteroatoms. The van der Waals surface area contributed by atoms with Crippen LogP contribution in [-0.4, -0.2) is 30.0 Å². The largest absolute Gasteiger partial charge is 0.348 e. The van der Waals surface area contributed by atoms with Crippen LogP contribution in [0.5, 0.6) is 0 Å². The lowest BCUT2D eigenvalue weighted by Crippen LogP contribution is -2.44. The molecule has 0 aliphatic carbocycles. The van der Waals surface area contributed by atoms with E-state index >= 15 is 0 Å². The second-order valence-corrected chi connectivity index (χ2v) is 9.03. The number of carbonyl (C=O) groups excluding carboxylic acids is 1. The fourth-order valence-corrected chi connectivity index (χ4v) is 4.69. The first-order chi connectivity index (χ1) is 14.7. The number of amides is 1. The number of carbonyl (C=O) groups is 1. The summed E-state index contributed by atoms with van der Waals surface area (Å²) in [5.74, 6) is 6.68. The van der Waals surface area contributed by atoms with Gasteiger partial charge in [0, 0.05) is 40.9 Å². The van der Waals surface area contributed by atoms with Crippen LogP contribution < -0.4 is 10.6 Å². The van der Waals surface area contributed by atoms with E-state index in [4.69, 9.17) is 0 Å². The van der Waals surface area contributed by atoms with Crippen LogP contribution in [0.2, 0.25) is 0 Å². The molecule has 3 aromatic carbocycles. The Kier molecular flexibility index (Phi) is 6.69. The number of nitrogens with one attached hydrogen (secondary N) is 2. The molecule has 2 N–H and O–H groups in total. The maximum atomic E-state index is 12.9. The normalized spacial score (nSPS) is 13.4. The third-order valence-electron chi connectivity index (χ3n) is 5.26. The van der Waals surface area contributed by atoms with Crippen LogP contribution in [0, 0.1) is 18.8 Å². The molecule has 30 heavy (non-hydrogen) atoms. The zero-order valence-electron chi connectivity index (χ0n) is 16.9. The van der Waals surface area contributed by atoms with E-state index in [1.54, 1.807) is 0 Å². The number of benzene rings is 3. The summed E-state index contributed by atoms with van der Waals surface area (Å²) in [6, 6.07) is 18.4. The maximum absolute atomic E-state index is 12.9. The average Bonchev–Trinajstić information content (AvgIpc) is 2.74. The van der Waals surface area contributed by atoms with E-state index in [1.807, 2.05) is 55.1 Å². The molecule has 1 heterocycles. The molecule has 0 atom stereocenters. The highest BCUT2D eigenvalue weighted by Gasteiger charge is 2.19. The van der Waals surface area contributed by atoms with Crippen molar-refractivity contribution in [1.29, 1.82) is 0 Å². The molecular formula is C25H24N2OS2. The summed E-state index contributed by atoms with van der Waals surface area (Å²) in [6.07, 6.45) is 0. The van der Waals surface area contributed by atoms with E-state index in [9.17, 15) is 4.79 Å². The van der Waals surface area contributed by atoms with Crippen LogP contribution in [0.3, 0.4) is 0 Å². The first kappa shape index (κ1) is 20.9. The van der Waals surface area contributed by atoms with Gasteiger partial charge in [0.05, 0.1) is 5.75 Å². The van der Waals surface area contributed by atoms with Crippen LogP contribution in [0.15, 0.2) is 59.5 Å². The van der Waals surface area contributed by atoms with Crippen molar-refractivity contribution in [3.05, 3.63) is 76.9 Å². The Hall–Kier alpha value is -2.39. The predicted octanol–water partition coefficient (Wildman–Crippen LogP) is 4.42. The molecule has 152 valence electrons. The molecule has 1 aliphatic heterocycles. The van der Waals surface area contributed by atoms with Gasteiger partial charge in [0.25, 0.3) is 5.91 Å². The fraction of sp³-hybridized carbons (Fsp3) is 0.240. The van der Waals surface area contributed by atoms with Crippen molar-refractivity contribution in [2.75, 3.05) is 18.8 Å². The average molecular weight is 433 g/mol. The quantitative estimate of drug-likeness (QED) is 0.413. The van der Waals surface area contributed by atoms with Crippen molar-refractivity contribution in [1.82, 2.24) is 10.6 Å². The van der Waals surface area contributed by atoms with E-state index in [0.717, 1.165) is 51.0 Å². The minimum atomic E-state index is -0.0373. The summed E-state index contributed by atoms with van der Waals surface area (Å²) in [4.78, 5) is 14.1. The molecule has 1 aliphatic rings. The van der Waals surface area contributed by atoms with Crippen molar-refractivity contribution in [3.63, 3.8) is 0 Å². The summed E-state index contributed by atoms with van der Waals surface area (Å²) >= 11 is 6.01. The monoisotopic (exact) mass is 432 g/mol. The van der Waals surface area contributed by atoms with Gasteiger partial charge < -0.3 is 10.6 Å². The third kappa shape index (κ3) is 4.67. The number of aryl methyl sites for hydroxylation is 1. The molecule has 1 amide bonds. The molecule has 0 unspecified atom stereocenters. The Morgan fingerprint density at radius 2 is 1.97 bits per heavy atom. The number of fused-ring (bicyclic) bond motifs is 1. The second kappa shape index (κ2) is 9.61. The predicted molar refractivity (Wildman–Crippen MR) is 130 cm³/mol. The number of thiol groups is 1. The first-order valence-corrected chi connectivity index (χ1v) is 11.5. The topological polar surface area (TPSA) is 41.1 Å². The standard InChI is InChI=1S/C25H24N2OS2/c1-17-8-11-20(30-21-15-26-16-21)13-24(17)25(28)27-14-19-10-9-18(5-4-12-29)22-6-2-3-7-23(19)22/h2-3,6-11,13,21,26,29H,12,14-16H2,1H3,(H,27,28). The molecule has 3 aromatic rings. The summed E-state index contributed by atoms with van der Waals surface area (Å²) in [6.45, 7) is 4.52. The molecule has 0 saturated carbocycles. The molecule has 4 rings (SSSR count). The van der Waals surface area contributed by atoms with Gasteiger partial charge in [-0.15, -0.1) is 11.8 Å². The van der Waals surface area contributed by atoms with Crippen molar-refractivity contribution < 1.29 is 4.79 Å². The summed E-state index contributed by atoms with van der Waals surface area (Å²) < 4.78 is 0. The van der Waals surface area contributed by atoms with E-state index in [0.29, 0.717) is 17.5 Å². The molecule has 0 radical (unpaired) electrons. The zero-order valence-corrected chi connectivity index (χ0v) is 18.6. The van der Waals surface area contributed by atoms with Crippen molar-refractivity contribution in [2.45, 2.75) is 23.6 Å². The maximum Gasteiger partial charge on any atom is 0.251 e. The Morgan fingerprint density at radius 3 is 2.70 bits per heavy atom. The third-order valence-corrected chi connectivity index (χ3v) is 6.61. The number of rotatable bonds is 5. The van der Waals surface area contributed by atoms with Crippen LogP contribution in [0.1, 0.15) is 27.0 Å². The molecule has 1 saturated heterocycles. The van der Waals surface area contributed by atoms with Crippen LogP contribution in [-0.2, 0) is 6.54 Å². The number of hydrogen-bond donors (Lipinski definition) is 3. The van der Waals surface area contributed by atoms with Gasteiger partial charge >= 0.3 is 0 Å². The highest BCUT2D eigenvalue weighted by Crippen LogP contribution is 2.28. The lowest BCUT2D eigenvalue weighted by atomic mass is 9.99. The van der Waals surface area contributed by atoms with Crippen molar-refractivity contribution >= 4 is 41.1 Å². The van der Waals surface area contributed by atoms with Crippen molar-refractivity contribution in [3.8, 4) is 11.8 Å². The summed E-state index contributed by atoms with van der Waals surface area (Å²) in [5, 5.41) is 9.21. The Labute approximate surface area is 187 Å². The van der Waals surface area contributed by atoms with Gasteiger partial charge in [0.1, 0.15) is 0 Å². The number of hydrogen-bond acceptors (Lipinski definition) is 4. The van der Waals surface area contributed by atoms with E-state index < -0.39 is 0 Å². The lowest BCUT2D eigenvalue weighted by Gasteiger charge is -2.26. The number of thioether (sulfide) groups is 1. The van der Waals surface area contributed by atoms with E-state index in [2.05, 4.69) is 53.3 Å². The Morgan fingerprint density at radius 1 is 1.17 bits per heavy atom. The highest BCUT2D eigenvalue weighted by atomic mass is 32.2. The van der Waals surface area contributed by atoms with Gasteiger partial charge in [0.15, 0.2) is 0 Å². The van der Waals surface area contributed by atoms with Gasteiger partial charge in [-0.25, -0.2) is 0 Å². The van der Waals surface area contributed by atoms with Gasteiger partial charge in [-0.05, 0) is 47.0 Å². The van der Waals surface area contributed by atoms with Crippen molar-refractivity contribution in [2.24, 2.45) is 0 Å². The smallest absolute Gasteiger partial charge is 0.251 e. The van der Waals surface area contributed by atoms with Gasteiger partial charge in [-0.3, -0.25) is 4.79 Å². The molecule has 1 fully saturated rings. The zero-order chi connectivity index (χ0) is 20.9. The molecule has 0 aromatic heterocycles. The minimum absolute atomic E-state index is 0.0373. The molecule has 0 bridgehead atoms.